The van der Waals surface area contributed by atoms with E-state index in [2.05, 4.69) is 22.8 Å². The largest absolute Gasteiger partial charge is 0.493 e. The normalized spacial score (nSPS) is 28.2. The van der Waals surface area contributed by atoms with E-state index in [0.717, 1.165) is 61.9 Å². The molecule has 3 unspecified atom stereocenters. The van der Waals surface area contributed by atoms with Gasteiger partial charge >= 0.3 is 0 Å². The highest BCUT2D eigenvalue weighted by Gasteiger charge is 2.40. The number of hydrogen-bond donors (Lipinski definition) is 2. The van der Waals surface area contributed by atoms with Gasteiger partial charge in [0, 0.05) is 43.4 Å². The summed E-state index contributed by atoms with van der Waals surface area (Å²) in [6.07, 6.45) is 6.64. The molecule has 0 amide bonds. The van der Waals surface area contributed by atoms with Gasteiger partial charge in [-0.3, -0.25) is 4.99 Å². The van der Waals surface area contributed by atoms with Crippen molar-refractivity contribution in [3.8, 4) is 5.75 Å². The third-order valence-electron chi connectivity index (χ3n) is 6.38. The Morgan fingerprint density at radius 1 is 1.13 bits per heavy atom. The molecule has 1 aromatic carbocycles. The monoisotopic (exact) mass is 441 g/mol. The summed E-state index contributed by atoms with van der Waals surface area (Å²) in [5.41, 5.74) is 1.25. The minimum atomic E-state index is 0.0468. The Balaban J connectivity index is 1.30. The van der Waals surface area contributed by atoms with Gasteiger partial charge in [0.25, 0.3) is 0 Å². The molecule has 1 aromatic heterocycles. The van der Waals surface area contributed by atoms with Gasteiger partial charge in [0.05, 0.1) is 24.5 Å². The molecule has 0 saturated carbocycles. The van der Waals surface area contributed by atoms with Gasteiger partial charge in [-0.2, -0.15) is 11.8 Å². The number of rotatable bonds is 5. The van der Waals surface area contributed by atoms with Crippen LogP contribution in [0, 0.1) is 0 Å². The third-order valence-corrected chi connectivity index (χ3v) is 7.60. The van der Waals surface area contributed by atoms with Crippen molar-refractivity contribution in [1.29, 1.82) is 0 Å². The van der Waals surface area contributed by atoms with Crippen molar-refractivity contribution in [2.24, 2.45) is 4.99 Å². The molecule has 5 rings (SSSR count). The zero-order chi connectivity index (χ0) is 20.9. The molecule has 3 aliphatic rings. The summed E-state index contributed by atoms with van der Waals surface area (Å²) in [5.74, 6) is 5.12. The van der Waals surface area contributed by atoms with Crippen molar-refractivity contribution in [1.82, 2.24) is 10.6 Å². The molecule has 166 valence electrons. The molecule has 2 N–H and O–H groups in total. The van der Waals surface area contributed by atoms with Crippen LogP contribution in [0.25, 0.3) is 0 Å². The van der Waals surface area contributed by atoms with Crippen LogP contribution in [-0.2, 0) is 11.2 Å². The van der Waals surface area contributed by atoms with Gasteiger partial charge in [-0.1, -0.05) is 18.2 Å². The van der Waals surface area contributed by atoms with E-state index in [1.54, 1.807) is 6.26 Å². The molecule has 6 nitrogen and oxygen atoms in total. The Hall–Kier alpha value is -2.12. The van der Waals surface area contributed by atoms with E-state index in [0.29, 0.717) is 19.2 Å². The fourth-order valence-corrected chi connectivity index (χ4v) is 6.11. The molecule has 2 saturated heterocycles. The second kappa shape index (κ2) is 9.57. The Kier molecular flexibility index (Phi) is 6.41. The first-order valence-corrected chi connectivity index (χ1v) is 12.5. The Morgan fingerprint density at radius 2 is 2.10 bits per heavy atom. The van der Waals surface area contributed by atoms with Gasteiger partial charge in [0.1, 0.15) is 11.5 Å². The Labute approximate surface area is 188 Å². The fraction of sp³-hybridized carbons (Fsp3) is 0.542. The van der Waals surface area contributed by atoms with Crippen LogP contribution in [0.4, 0.5) is 0 Å². The van der Waals surface area contributed by atoms with Gasteiger partial charge in [-0.25, -0.2) is 0 Å². The van der Waals surface area contributed by atoms with Crippen molar-refractivity contribution < 1.29 is 13.9 Å². The van der Waals surface area contributed by atoms with Crippen LogP contribution >= 0.6 is 11.8 Å². The molecule has 2 fully saturated rings. The highest BCUT2D eigenvalue weighted by Crippen LogP contribution is 2.38. The summed E-state index contributed by atoms with van der Waals surface area (Å²) in [6.45, 7) is 2.21. The first-order chi connectivity index (χ1) is 15.3. The van der Waals surface area contributed by atoms with Crippen LogP contribution in [0.1, 0.15) is 43.0 Å². The molecule has 0 radical (unpaired) electrons. The average Bonchev–Trinajstić information content (AvgIpc) is 3.47. The number of nitrogens with zero attached hydrogens (tertiary/aromatic N) is 1. The highest BCUT2D eigenvalue weighted by molar-refractivity contribution is 7.99. The topological polar surface area (TPSA) is 68.0 Å². The second-order valence-corrected chi connectivity index (χ2v) is 9.70. The molecule has 2 aromatic rings. The average molecular weight is 442 g/mol. The maximum absolute atomic E-state index is 6.21. The third kappa shape index (κ3) is 5.04. The number of fused-ring (bicyclic) bond motifs is 1. The van der Waals surface area contributed by atoms with E-state index in [9.17, 15) is 0 Å². The van der Waals surface area contributed by atoms with Crippen molar-refractivity contribution in [2.45, 2.75) is 49.8 Å². The van der Waals surface area contributed by atoms with Crippen molar-refractivity contribution in [3.05, 3.63) is 54.0 Å². The predicted octanol–water partition coefficient (Wildman–Crippen LogP) is 3.94. The lowest BCUT2D eigenvalue weighted by molar-refractivity contribution is -0.0679. The van der Waals surface area contributed by atoms with Crippen LogP contribution in [0.15, 0.2) is 52.1 Å². The Bertz CT molecular complexity index is 880. The van der Waals surface area contributed by atoms with E-state index >= 15 is 0 Å². The SMILES string of the molecule is c1coc(CCN=C(NC2CCOC3(CCSC3)C2)NC2CCOc3ccccc32)c1. The molecule has 0 aliphatic carbocycles. The quantitative estimate of drug-likeness (QED) is 0.541. The van der Waals surface area contributed by atoms with Gasteiger partial charge in [-0.05, 0) is 43.2 Å². The van der Waals surface area contributed by atoms with Crippen LogP contribution < -0.4 is 15.4 Å². The van der Waals surface area contributed by atoms with E-state index in [1.165, 1.54) is 11.3 Å². The number of guanidine groups is 1. The van der Waals surface area contributed by atoms with Crippen LogP contribution in [0.2, 0.25) is 0 Å². The lowest BCUT2D eigenvalue weighted by atomic mass is 9.90. The highest BCUT2D eigenvalue weighted by atomic mass is 32.2. The molecular weight excluding hydrogens is 410 g/mol. The molecule has 3 aliphatic heterocycles. The molecule has 0 bridgehead atoms. The number of ether oxygens (including phenoxy) is 2. The Morgan fingerprint density at radius 3 is 2.97 bits per heavy atom. The van der Waals surface area contributed by atoms with Crippen molar-refractivity contribution in [2.75, 3.05) is 31.3 Å². The predicted molar refractivity (Wildman–Crippen MR) is 124 cm³/mol. The number of furan rings is 1. The second-order valence-electron chi connectivity index (χ2n) is 8.60. The number of hydrogen-bond acceptors (Lipinski definition) is 5. The van der Waals surface area contributed by atoms with Gasteiger partial charge in [0.15, 0.2) is 5.96 Å². The smallest absolute Gasteiger partial charge is 0.191 e. The van der Waals surface area contributed by atoms with Crippen molar-refractivity contribution in [3.63, 3.8) is 0 Å². The van der Waals surface area contributed by atoms with Crippen LogP contribution in [0.3, 0.4) is 0 Å². The summed E-state index contributed by atoms with van der Waals surface area (Å²) in [6, 6.07) is 12.8. The molecule has 1 spiro atoms. The van der Waals surface area contributed by atoms with E-state index in [4.69, 9.17) is 18.9 Å². The lowest BCUT2D eigenvalue weighted by Gasteiger charge is -2.39. The molecule has 31 heavy (non-hydrogen) atoms. The summed E-state index contributed by atoms with van der Waals surface area (Å²) in [5, 5.41) is 7.44. The van der Waals surface area contributed by atoms with Crippen molar-refractivity contribution >= 4 is 17.7 Å². The van der Waals surface area contributed by atoms with E-state index < -0.39 is 0 Å². The van der Waals surface area contributed by atoms with E-state index in [1.807, 2.05) is 36.0 Å². The number of aliphatic imine (C=N–C) groups is 1. The number of nitrogens with one attached hydrogen (secondary N) is 2. The zero-order valence-electron chi connectivity index (χ0n) is 17.8. The molecule has 4 heterocycles. The lowest BCUT2D eigenvalue weighted by Crippen LogP contribution is -2.52. The maximum Gasteiger partial charge on any atom is 0.191 e. The van der Waals surface area contributed by atoms with Gasteiger partial charge in [-0.15, -0.1) is 0 Å². The standard InChI is InChI=1S/C24H31N3O3S/c1-2-6-22-20(5-1)21(9-13-29-22)27-23(25-11-7-19-4-3-12-28-19)26-18-8-14-30-24(16-18)10-15-31-17-24/h1-6,12,18,21H,7-11,13-17H2,(H2,25,26,27). The summed E-state index contributed by atoms with van der Waals surface area (Å²) in [4.78, 5) is 4.92. The fourth-order valence-electron chi connectivity index (χ4n) is 4.73. The summed E-state index contributed by atoms with van der Waals surface area (Å²) in [7, 11) is 0. The van der Waals surface area contributed by atoms with Crippen LogP contribution in [-0.4, -0.2) is 48.9 Å². The summed E-state index contributed by atoms with van der Waals surface area (Å²) < 4.78 is 17.5. The van der Waals surface area contributed by atoms with Gasteiger partial charge in [0.2, 0.25) is 0 Å². The minimum Gasteiger partial charge on any atom is -0.493 e. The number of para-hydroxylation sites is 1. The molecule has 3 atom stereocenters. The number of benzene rings is 1. The maximum atomic E-state index is 6.21. The molecule has 7 heteroatoms. The van der Waals surface area contributed by atoms with Gasteiger partial charge < -0.3 is 24.5 Å². The number of thioether (sulfide) groups is 1. The minimum absolute atomic E-state index is 0.0468. The van der Waals surface area contributed by atoms with Crippen LogP contribution in [0.5, 0.6) is 5.75 Å². The molecular formula is C24H31N3O3S. The first-order valence-electron chi connectivity index (χ1n) is 11.3. The summed E-state index contributed by atoms with van der Waals surface area (Å²) >= 11 is 2.01. The zero-order valence-corrected chi connectivity index (χ0v) is 18.7. The first kappa shape index (κ1) is 20.8. The van der Waals surface area contributed by atoms with E-state index in [-0.39, 0.29) is 11.6 Å².